The summed E-state index contributed by atoms with van der Waals surface area (Å²) in [6.45, 7) is 0. The quantitative estimate of drug-likeness (QED) is 0.408. The largest absolute Gasteiger partial charge is 0.506 e. The molecular weight excluding hydrogens is 144 g/mol. The van der Waals surface area contributed by atoms with Crippen LogP contribution in [0.3, 0.4) is 0 Å². The Hall–Kier alpha value is -1.58. The highest BCUT2D eigenvalue weighted by Gasteiger charge is 2.05. The first-order valence-electron chi connectivity index (χ1n) is 3.07. The fraction of sp³-hybridized carbons (Fsp3) is 0.143. The zero-order chi connectivity index (χ0) is 8.43. The van der Waals surface area contributed by atoms with Crippen molar-refractivity contribution in [3.05, 3.63) is 12.1 Å². The summed E-state index contributed by atoms with van der Waals surface area (Å²) in [5.41, 5.74) is 11.3. The van der Waals surface area contributed by atoms with E-state index >= 15 is 0 Å². The van der Waals surface area contributed by atoms with Gasteiger partial charge in [0.25, 0.3) is 0 Å². The van der Waals surface area contributed by atoms with Crippen LogP contribution in [0.2, 0.25) is 0 Å². The Kier molecular flexibility index (Phi) is 1.76. The molecule has 60 valence electrons. The third kappa shape index (κ3) is 1.14. The minimum Gasteiger partial charge on any atom is -0.506 e. The second-order valence-corrected chi connectivity index (χ2v) is 2.11. The maximum atomic E-state index is 9.06. The number of phenolic OH excluding ortho intramolecular Hbond substituents is 1. The lowest BCUT2D eigenvalue weighted by atomic mass is 10.2. The Labute approximate surface area is 64.4 Å². The highest BCUT2D eigenvalue weighted by Crippen LogP contribution is 2.33. The van der Waals surface area contributed by atoms with E-state index in [-0.39, 0.29) is 17.1 Å². The summed E-state index contributed by atoms with van der Waals surface area (Å²) in [7, 11) is 1.49. The number of nitrogens with two attached hydrogens (primary N) is 2. The molecule has 1 aromatic rings. The normalized spacial score (nSPS) is 9.55. The van der Waals surface area contributed by atoms with Gasteiger partial charge in [-0.15, -0.1) is 0 Å². The number of benzene rings is 1. The van der Waals surface area contributed by atoms with Crippen LogP contribution >= 0.6 is 0 Å². The number of hydrogen-bond acceptors (Lipinski definition) is 4. The number of rotatable bonds is 1. The Morgan fingerprint density at radius 2 is 1.91 bits per heavy atom. The smallest absolute Gasteiger partial charge is 0.144 e. The van der Waals surface area contributed by atoms with Crippen molar-refractivity contribution >= 4 is 11.4 Å². The van der Waals surface area contributed by atoms with E-state index in [0.29, 0.717) is 5.75 Å². The zero-order valence-electron chi connectivity index (χ0n) is 6.16. The molecule has 0 unspecified atom stereocenters. The van der Waals surface area contributed by atoms with Crippen molar-refractivity contribution in [3.63, 3.8) is 0 Å². The maximum Gasteiger partial charge on any atom is 0.144 e. The molecule has 0 aliphatic heterocycles. The van der Waals surface area contributed by atoms with E-state index < -0.39 is 0 Å². The summed E-state index contributed by atoms with van der Waals surface area (Å²) in [5.74, 6) is 0.448. The van der Waals surface area contributed by atoms with Crippen molar-refractivity contribution < 1.29 is 9.84 Å². The Bertz CT molecular complexity index is 273. The summed E-state index contributed by atoms with van der Waals surface area (Å²) >= 11 is 0. The van der Waals surface area contributed by atoms with Crippen molar-refractivity contribution in [2.75, 3.05) is 18.6 Å². The molecule has 0 saturated carbocycles. The first-order chi connectivity index (χ1) is 5.16. The number of aromatic hydroxyl groups is 1. The molecule has 4 nitrogen and oxygen atoms in total. The predicted molar refractivity (Wildman–Crippen MR) is 43.5 cm³/mol. The van der Waals surface area contributed by atoms with Gasteiger partial charge in [0.05, 0.1) is 7.11 Å². The van der Waals surface area contributed by atoms with Gasteiger partial charge in [-0.3, -0.25) is 0 Å². The molecule has 1 aromatic carbocycles. The average Bonchev–Trinajstić information content (AvgIpc) is 2.01. The molecule has 0 spiro atoms. The predicted octanol–water partition coefficient (Wildman–Crippen LogP) is 0.565. The van der Waals surface area contributed by atoms with Crippen molar-refractivity contribution in [1.29, 1.82) is 0 Å². The molecule has 0 amide bonds. The molecule has 0 atom stereocenters. The highest BCUT2D eigenvalue weighted by atomic mass is 16.5. The number of phenols is 1. The van der Waals surface area contributed by atoms with Crippen LogP contribution in [0.1, 0.15) is 0 Å². The van der Waals surface area contributed by atoms with E-state index in [1.807, 2.05) is 0 Å². The first-order valence-corrected chi connectivity index (χ1v) is 3.07. The lowest BCUT2D eigenvalue weighted by Crippen LogP contribution is -1.97. The summed E-state index contributed by atoms with van der Waals surface area (Å²) in [5, 5.41) is 9.06. The second kappa shape index (κ2) is 2.57. The molecule has 1 rings (SSSR count). The van der Waals surface area contributed by atoms with E-state index in [0.717, 1.165) is 0 Å². The van der Waals surface area contributed by atoms with E-state index in [2.05, 4.69) is 0 Å². The number of nitrogen functional groups attached to an aromatic ring is 2. The van der Waals surface area contributed by atoms with Gasteiger partial charge in [0.1, 0.15) is 22.9 Å². The summed E-state index contributed by atoms with van der Waals surface area (Å²) in [6.07, 6.45) is 0. The minimum atomic E-state index is -0.0247. The van der Waals surface area contributed by atoms with Gasteiger partial charge in [0.2, 0.25) is 0 Å². The van der Waals surface area contributed by atoms with Crippen LogP contribution in [0.5, 0.6) is 11.5 Å². The van der Waals surface area contributed by atoms with Crippen molar-refractivity contribution in [1.82, 2.24) is 0 Å². The van der Waals surface area contributed by atoms with Crippen LogP contribution in [0, 0.1) is 0 Å². The second-order valence-electron chi connectivity index (χ2n) is 2.11. The monoisotopic (exact) mass is 154 g/mol. The van der Waals surface area contributed by atoms with Gasteiger partial charge in [-0.05, 0) is 12.1 Å². The van der Waals surface area contributed by atoms with Gasteiger partial charge in [-0.2, -0.15) is 0 Å². The first kappa shape index (κ1) is 7.53. The van der Waals surface area contributed by atoms with Crippen LogP contribution < -0.4 is 16.2 Å². The van der Waals surface area contributed by atoms with Gasteiger partial charge in [-0.25, -0.2) is 0 Å². The van der Waals surface area contributed by atoms with E-state index in [4.69, 9.17) is 21.3 Å². The summed E-state index contributed by atoms with van der Waals surface area (Å²) in [6, 6.07) is 2.99. The van der Waals surface area contributed by atoms with Gasteiger partial charge in [-0.1, -0.05) is 0 Å². The molecular formula is C7H10N2O2. The van der Waals surface area contributed by atoms with Crippen LogP contribution in [0.25, 0.3) is 0 Å². The standard InChI is InChI=1S/C7H10N2O2/c1-11-5-3-2-4(10)6(8)7(5)9/h2-3,10H,8-9H2,1H3. The molecule has 5 N–H and O–H groups in total. The maximum absolute atomic E-state index is 9.06. The molecule has 0 bridgehead atoms. The van der Waals surface area contributed by atoms with Crippen LogP contribution in [0.4, 0.5) is 11.4 Å². The van der Waals surface area contributed by atoms with Crippen LogP contribution in [-0.2, 0) is 0 Å². The Morgan fingerprint density at radius 3 is 2.45 bits per heavy atom. The molecule has 0 fully saturated rings. The number of methoxy groups -OCH3 is 1. The van der Waals surface area contributed by atoms with Crippen molar-refractivity contribution in [3.8, 4) is 11.5 Å². The average molecular weight is 154 g/mol. The number of anilines is 2. The van der Waals surface area contributed by atoms with Crippen molar-refractivity contribution in [2.45, 2.75) is 0 Å². The van der Waals surface area contributed by atoms with Gasteiger partial charge < -0.3 is 21.3 Å². The fourth-order valence-corrected chi connectivity index (χ4v) is 0.783. The summed E-state index contributed by atoms with van der Waals surface area (Å²) in [4.78, 5) is 0. The van der Waals surface area contributed by atoms with Crippen LogP contribution in [-0.4, -0.2) is 12.2 Å². The minimum absolute atomic E-state index is 0.0247. The zero-order valence-corrected chi connectivity index (χ0v) is 6.16. The number of ether oxygens (including phenoxy) is 1. The summed E-state index contributed by atoms with van der Waals surface area (Å²) < 4.78 is 4.86. The molecule has 0 heterocycles. The van der Waals surface area contributed by atoms with E-state index in [1.54, 1.807) is 6.07 Å². The van der Waals surface area contributed by atoms with Gasteiger partial charge in [0.15, 0.2) is 0 Å². The third-order valence-electron chi connectivity index (χ3n) is 1.44. The SMILES string of the molecule is COc1ccc(O)c(N)c1N. The van der Waals surface area contributed by atoms with Crippen molar-refractivity contribution in [2.24, 2.45) is 0 Å². The van der Waals surface area contributed by atoms with Gasteiger partial charge >= 0.3 is 0 Å². The number of hydrogen-bond donors (Lipinski definition) is 3. The molecule has 0 saturated heterocycles. The lowest BCUT2D eigenvalue weighted by molar-refractivity contribution is 0.415. The third-order valence-corrected chi connectivity index (χ3v) is 1.44. The molecule has 0 radical (unpaired) electrons. The Morgan fingerprint density at radius 1 is 1.27 bits per heavy atom. The Balaban J connectivity index is 3.25. The topological polar surface area (TPSA) is 81.5 Å². The molecule has 0 aliphatic carbocycles. The fourth-order valence-electron chi connectivity index (χ4n) is 0.783. The van der Waals surface area contributed by atoms with E-state index in [9.17, 15) is 0 Å². The molecule has 0 aliphatic rings. The van der Waals surface area contributed by atoms with E-state index in [1.165, 1.54) is 13.2 Å². The van der Waals surface area contributed by atoms with Gasteiger partial charge in [0, 0.05) is 0 Å². The molecule has 11 heavy (non-hydrogen) atoms. The highest BCUT2D eigenvalue weighted by molar-refractivity contribution is 5.76. The lowest BCUT2D eigenvalue weighted by Gasteiger charge is -2.07. The molecule has 0 aromatic heterocycles. The molecule has 4 heteroatoms. The van der Waals surface area contributed by atoms with Crippen LogP contribution in [0.15, 0.2) is 12.1 Å².